The highest BCUT2D eigenvalue weighted by Crippen LogP contribution is 2.36. The van der Waals surface area contributed by atoms with Crippen LogP contribution in [0.4, 0.5) is 5.69 Å². The molecule has 4 aromatic rings. The van der Waals surface area contributed by atoms with E-state index in [-0.39, 0.29) is 5.91 Å². The molecule has 6 nitrogen and oxygen atoms in total. The lowest BCUT2D eigenvalue weighted by Gasteiger charge is -2.31. The highest BCUT2D eigenvalue weighted by molar-refractivity contribution is 5.96. The van der Waals surface area contributed by atoms with Gasteiger partial charge in [-0.2, -0.15) is 5.10 Å². The molecule has 0 N–H and O–H groups in total. The largest absolute Gasteiger partial charge is 0.497 e. The monoisotopic (exact) mass is 509 g/mol. The molecule has 1 amide bonds. The molecule has 1 aromatic heterocycles. The van der Waals surface area contributed by atoms with Gasteiger partial charge >= 0.3 is 0 Å². The average molecular weight is 510 g/mol. The Hall–Kier alpha value is -4.06. The normalized spacial score (nSPS) is 12.8. The summed E-state index contributed by atoms with van der Waals surface area (Å²) in [6.45, 7) is 6.10. The zero-order valence-electron chi connectivity index (χ0n) is 22.4. The van der Waals surface area contributed by atoms with E-state index in [9.17, 15) is 4.79 Å². The first-order valence-corrected chi connectivity index (χ1v) is 13.3. The maximum Gasteiger partial charge on any atom is 0.227 e. The van der Waals surface area contributed by atoms with Crippen molar-refractivity contribution in [1.29, 1.82) is 0 Å². The van der Waals surface area contributed by atoms with Crippen LogP contribution in [0, 0.1) is 13.8 Å². The highest BCUT2D eigenvalue weighted by atomic mass is 16.5. The van der Waals surface area contributed by atoms with Crippen molar-refractivity contribution in [3.63, 3.8) is 0 Å². The lowest BCUT2D eigenvalue weighted by Crippen LogP contribution is -2.35. The van der Waals surface area contributed by atoms with E-state index in [0.29, 0.717) is 26.0 Å². The molecule has 0 unspecified atom stereocenters. The average Bonchev–Trinajstić information content (AvgIpc) is 3.40. The number of aromatic nitrogens is 2. The Morgan fingerprint density at radius 1 is 1.05 bits per heavy atom. The van der Waals surface area contributed by atoms with Crippen molar-refractivity contribution >= 4 is 11.6 Å². The number of hydrogen-bond acceptors (Lipinski definition) is 4. The number of amides is 1. The second-order valence-electron chi connectivity index (χ2n) is 9.88. The first-order chi connectivity index (χ1) is 18.5. The van der Waals surface area contributed by atoms with Crippen molar-refractivity contribution in [3.8, 4) is 22.6 Å². The van der Waals surface area contributed by atoms with Gasteiger partial charge in [-0.25, -0.2) is 0 Å². The van der Waals surface area contributed by atoms with Gasteiger partial charge in [0.25, 0.3) is 0 Å². The van der Waals surface area contributed by atoms with Gasteiger partial charge < -0.3 is 14.4 Å². The molecule has 0 spiro atoms. The number of nitrogens with zero attached hydrogens (tertiary/aromatic N) is 3. The number of carbonyl (C=O) groups excluding carboxylic acids is 1. The smallest absolute Gasteiger partial charge is 0.227 e. The second-order valence-corrected chi connectivity index (χ2v) is 9.88. The summed E-state index contributed by atoms with van der Waals surface area (Å²) in [5.41, 5.74) is 7.96. The van der Waals surface area contributed by atoms with Crippen molar-refractivity contribution < 1.29 is 14.3 Å². The van der Waals surface area contributed by atoms with E-state index in [2.05, 4.69) is 49.4 Å². The van der Waals surface area contributed by atoms with Crippen LogP contribution in [-0.2, 0) is 17.8 Å². The molecule has 0 saturated carbocycles. The van der Waals surface area contributed by atoms with Gasteiger partial charge in [0.2, 0.25) is 5.91 Å². The van der Waals surface area contributed by atoms with Gasteiger partial charge in [-0.3, -0.25) is 9.48 Å². The van der Waals surface area contributed by atoms with Gasteiger partial charge in [-0.05, 0) is 85.2 Å². The van der Waals surface area contributed by atoms with Crippen LogP contribution in [-0.4, -0.2) is 35.9 Å². The molecule has 0 aliphatic carbocycles. The topological polar surface area (TPSA) is 56.6 Å². The van der Waals surface area contributed by atoms with Gasteiger partial charge in [0, 0.05) is 30.4 Å². The van der Waals surface area contributed by atoms with Crippen LogP contribution in [0.1, 0.15) is 41.5 Å². The minimum absolute atomic E-state index is 0.154. The molecule has 0 radical (unpaired) electrons. The van der Waals surface area contributed by atoms with Crippen molar-refractivity contribution in [2.75, 3.05) is 25.2 Å². The van der Waals surface area contributed by atoms with E-state index < -0.39 is 0 Å². The summed E-state index contributed by atoms with van der Waals surface area (Å²) >= 11 is 0. The Kier molecular flexibility index (Phi) is 7.78. The third kappa shape index (κ3) is 5.59. The van der Waals surface area contributed by atoms with Crippen LogP contribution in [0.3, 0.4) is 0 Å². The minimum atomic E-state index is 0.154. The number of fused-ring (bicyclic) bond motifs is 1. The number of aryl methyl sites for hydroxylation is 1. The maximum absolute atomic E-state index is 13.2. The second kappa shape index (κ2) is 11.5. The predicted octanol–water partition coefficient (Wildman–Crippen LogP) is 6.36. The summed E-state index contributed by atoms with van der Waals surface area (Å²) in [5, 5.41) is 4.61. The zero-order valence-corrected chi connectivity index (χ0v) is 22.4. The van der Waals surface area contributed by atoms with E-state index in [4.69, 9.17) is 9.47 Å². The summed E-state index contributed by atoms with van der Waals surface area (Å²) < 4.78 is 13.3. The number of carbonyl (C=O) groups is 1. The molecule has 1 aliphatic heterocycles. The van der Waals surface area contributed by atoms with Crippen LogP contribution < -0.4 is 14.4 Å². The molecule has 5 rings (SSSR count). The Labute approximate surface area is 224 Å². The van der Waals surface area contributed by atoms with Crippen LogP contribution in [0.2, 0.25) is 0 Å². The van der Waals surface area contributed by atoms with Gasteiger partial charge in [-0.1, -0.05) is 36.4 Å². The number of ether oxygens (including phenoxy) is 2. The number of benzene rings is 3. The van der Waals surface area contributed by atoms with E-state index >= 15 is 0 Å². The Morgan fingerprint density at radius 2 is 1.89 bits per heavy atom. The highest BCUT2D eigenvalue weighted by Gasteiger charge is 2.24. The lowest BCUT2D eigenvalue weighted by atomic mass is 9.93. The van der Waals surface area contributed by atoms with E-state index in [1.165, 1.54) is 11.1 Å². The molecule has 1 aliphatic rings. The summed E-state index contributed by atoms with van der Waals surface area (Å²) in [6, 6.07) is 20.4. The third-order valence-electron chi connectivity index (χ3n) is 7.32. The molecule has 3 aromatic carbocycles. The zero-order chi connectivity index (χ0) is 26.5. The molecule has 38 heavy (non-hydrogen) atoms. The Bertz CT molecular complexity index is 1430. The molecule has 0 saturated heterocycles. The molecular formula is C32H35N3O3. The molecular weight excluding hydrogens is 474 g/mol. The van der Waals surface area contributed by atoms with E-state index in [1.54, 1.807) is 7.11 Å². The fraction of sp³-hybridized carbons (Fsp3) is 0.312. The number of methoxy groups -OCH3 is 1. The SMILES string of the molecule is COc1cccc(Cn2cc(-c3cccc4c3CCCN4C(=O)CCCOc3cccc(C)c3C)cn2)c1. The third-order valence-corrected chi connectivity index (χ3v) is 7.32. The van der Waals surface area contributed by atoms with E-state index in [0.717, 1.165) is 58.8 Å². The first kappa shape index (κ1) is 25.6. The quantitative estimate of drug-likeness (QED) is 0.246. The molecule has 196 valence electrons. The maximum atomic E-state index is 13.2. The summed E-state index contributed by atoms with van der Waals surface area (Å²) in [7, 11) is 1.68. The van der Waals surface area contributed by atoms with Crippen LogP contribution in [0.5, 0.6) is 11.5 Å². The van der Waals surface area contributed by atoms with Crippen LogP contribution in [0.15, 0.2) is 73.1 Å². The Morgan fingerprint density at radius 3 is 2.76 bits per heavy atom. The lowest BCUT2D eigenvalue weighted by molar-refractivity contribution is -0.118. The predicted molar refractivity (Wildman–Crippen MR) is 151 cm³/mol. The molecule has 0 bridgehead atoms. The first-order valence-electron chi connectivity index (χ1n) is 13.3. The summed E-state index contributed by atoms with van der Waals surface area (Å²) in [6.07, 6.45) is 7.06. The van der Waals surface area contributed by atoms with Gasteiger partial charge in [0.1, 0.15) is 11.5 Å². The van der Waals surface area contributed by atoms with Crippen LogP contribution in [0.25, 0.3) is 11.1 Å². The van der Waals surface area contributed by atoms with Gasteiger partial charge in [0.15, 0.2) is 0 Å². The molecule has 2 heterocycles. The fourth-order valence-corrected chi connectivity index (χ4v) is 5.12. The Balaban J connectivity index is 1.25. The molecule has 0 fully saturated rings. The number of rotatable bonds is 9. The molecule has 0 atom stereocenters. The van der Waals surface area contributed by atoms with Crippen molar-refractivity contribution in [2.45, 2.75) is 46.1 Å². The van der Waals surface area contributed by atoms with Gasteiger partial charge in [-0.15, -0.1) is 0 Å². The number of anilines is 1. The number of hydrogen-bond donors (Lipinski definition) is 0. The standard InChI is InChI=1S/C32H35N3O3/c1-23-9-4-15-31(24(23)2)38-18-8-16-32(36)35-17-7-13-29-28(12-6-14-30(29)35)26-20-33-34(22-26)21-25-10-5-11-27(19-25)37-3/h4-6,9-12,14-15,19-20,22H,7-8,13,16-18,21H2,1-3H3. The minimum Gasteiger partial charge on any atom is -0.497 e. The van der Waals surface area contributed by atoms with Crippen molar-refractivity contribution in [1.82, 2.24) is 9.78 Å². The van der Waals surface area contributed by atoms with Crippen LogP contribution >= 0.6 is 0 Å². The van der Waals surface area contributed by atoms with E-state index in [1.807, 2.05) is 52.2 Å². The van der Waals surface area contributed by atoms with Crippen molar-refractivity contribution in [3.05, 3.63) is 95.3 Å². The van der Waals surface area contributed by atoms with Gasteiger partial charge in [0.05, 0.1) is 26.5 Å². The fourth-order valence-electron chi connectivity index (χ4n) is 5.12. The molecule has 6 heteroatoms. The summed E-state index contributed by atoms with van der Waals surface area (Å²) in [5.74, 6) is 1.90. The summed E-state index contributed by atoms with van der Waals surface area (Å²) in [4.78, 5) is 15.2. The van der Waals surface area contributed by atoms with Crippen molar-refractivity contribution in [2.24, 2.45) is 0 Å².